The number of carbonyl (C=O) groups excluding carboxylic acids is 2. The molecule has 1 aliphatic carbocycles. The maximum Gasteiger partial charge on any atom is 0.346 e. The van der Waals surface area contributed by atoms with E-state index in [1.807, 2.05) is 0 Å². The zero-order valence-corrected chi connectivity index (χ0v) is 9.25. The molecule has 0 bridgehead atoms. The van der Waals surface area contributed by atoms with Gasteiger partial charge in [0.15, 0.2) is 0 Å². The van der Waals surface area contributed by atoms with Crippen LogP contribution in [0.4, 0.5) is 0 Å². The topological polar surface area (TPSA) is 63.6 Å². The van der Waals surface area contributed by atoms with Gasteiger partial charge < -0.3 is 9.84 Å². The number of ketones is 1. The molecular formula is C11H9ClO4. The minimum atomic E-state index is -2.10. The van der Waals surface area contributed by atoms with Crippen LogP contribution in [0.3, 0.4) is 0 Å². The van der Waals surface area contributed by atoms with E-state index in [4.69, 9.17) is 11.6 Å². The van der Waals surface area contributed by atoms with E-state index < -0.39 is 17.4 Å². The number of hydrogen-bond donors (Lipinski definition) is 1. The van der Waals surface area contributed by atoms with Crippen molar-refractivity contribution in [3.8, 4) is 0 Å². The first-order valence-electron chi connectivity index (χ1n) is 4.63. The number of fused-ring (bicyclic) bond motifs is 1. The molecule has 1 unspecified atom stereocenters. The van der Waals surface area contributed by atoms with Crippen molar-refractivity contribution in [1.82, 2.24) is 0 Å². The number of ether oxygens (including phenoxy) is 1. The first kappa shape index (κ1) is 11.1. The largest absolute Gasteiger partial charge is 0.467 e. The zero-order valence-electron chi connectivity index (χ0n) is 8.49. The van der Waals surface area contributed by atoms with E-state index in [0.717, 1.165) is 7.11 Å². The highest BCUT2D eigenvalue weighted by Crippen LogP contribution is 2.32. The highest BCUT2D eigenvalue weighted by Gasteiger charge is 2.51. The van der Waals surface area contributed by atoms with Crippen molar-refractivity contribution in [2.75, 3.05) is 7.11 Å². The molecule has 0 radical (unpaired) electrons. The minimum Gasteiger partial charge on any atom is -0.467 e. The first-order valence-corrected chi connectivity index (χ1v) is 5.01. The Morgan fingerprint density at radius 3 is 2.88 bits per heavy atom. The summed E-state index contributed by atoms with van der Waals surface area (Å²) in [5.74, 6) is -1.60. The number of aliphatic hydroxyl groups is 1. The Morgan fingerprint density at radius 1 is 1.56 bits per heavy atom. The monoisotopic (exact) mass is 240 g/mol. The van der Waals surface area contributed by atoms with Gasteiger partial charge in [0.05, 0.1) is 7.11 Å². The molecule has 0 saturated heterocycles. The fourth-order valence-corrected chi connectivity index (χ4v) is 2.00. The van der Waals surface area contributed by atoms with Gasteiger partial charge in [-0.25, -0.2) is 4.79 Å². The second-order valence-electron chi connectivity index (χ2n) is 3.66. The van der Waals surface area contributed by atoms with Crippen LogP contribution in [0.1, 0.15) is 15.9 Å². The van der Waals surface area contributed by atoms with Gasteiger partial charge in [0, 0.05) is 17.0 Å². The predicted molar refractivity (Wildman–Crippen MR) is 56.5 cm³/mol. The molecule has 0 heterocycles. The number of Topliss-reactive ketones (excluding diaryl/α,β-unsaturated/α-hetero) is 1. The third-order valence-corrected chi connectivity index (χ3v) is 2.90. The summed E-state index contributed by atoms with van der Waals surface area (Å²) in [5, 5.41) is 10.4. The van der Waals surface area contributed by atoms with Crippen LogP contribution in [0.25, 0.3) is 0 Å². The number of rotatable bonds is 1. The number of halogens is 1. The van der Waals surface area contributed by atoms with E-state index in [2.05, 4.69) is 4.74 Å². The van der Waals surface area contributed by atoms with Gasteiger partial charge >= 0.3 is 5.97 Å². The maximum absolute atomic E-state index is 11.9. The van der Waals surface area contributed by atoms with Crippen LogP contribution in [0, 0.1) is 0 Å². The van der Waals surface area contributed by atoms with Gasteiger partial charge in [-0.05, 0) is 17.7 Å². The molecule has 0 amide bonds. The number of esters is 1. The lowest BCUT2D eigenvalue weighted by molar-refractivity contribution is -0.156. The Labute approximate surface area is 96.8 Å². The molecule has 0 fully saturated rings. The molecule has 1 aliphatic rings. The van der Waals surface area contributed by atoms with Gasteiger partial charge in [0.25, 0.3) is 0 Å². The van der Waals surface area contributed by atoms with E-state index >= 15 is 0 Å². The summed E-state index contributed by atoms with van der Waals surface area (Å²) < 4.78 is 4.43. The van der Waals surface area contributed by atoms with Crippen LogP contribution < -0.4 is 0 Å². The predicted octanol–water partition coefficient (Wildman–Crippen LogP) is 0.983. The Hall–Kier alpha value is -1.39. The standard InChI is InChI=1S/C11H9ClO4/c1-16-10(14)11(15)5-6-2-3-7(12)4-8(6)9(11)13/h2-4,15H,5H2,1H3. The van der Waals surface area contributed by atoms with Crippen molar-refractivity contribution in [2.24, 2.45) is 0 Å². The average Bonchev–Trinajstić information content (AvgIpc) is 2.52. The lowest BCUT2D eigenvalue weighted by Gasteiger charge is -2.16. The number of carbonyl (C=O) groups is 2. The van der Waals surface area contributed by atoms with Crippen molar-refractivity contribution >= 4 is 23.4 Å². The molecule has 1 atom stereocenters. The fraction of sp³-hybridized carbons (Fsp3) is 0.273. The molecule has 1 aromatic rings. The Morgan fingerprint density at radius 2 is 2.25 bits per heavy atom. The molecule has 1 N–H and O–H groups in total. The van der Waals surface area contributed by atoms with Gasteiger partial charge in [-0.3, -0.25) is 4.79 Å². The first-order chi connectivity index (χ1) is 7.49. The Balaban J connectivity index is 2.49. The summed E-state index contributed by atoms with van der Waals surface area (Å²) in [6.07, 6.45) is -0.0645. The molecule has 0 saturated carbocycles. The molecule has 1 aromatic carbocycles. The molecular weight excluding hydrogens is 232 g/mol. The number of benzene rings is 1. The summed E-state index contributed by atoms with van der Waals surface area (Å²) in [7, 11) is 1.13. The second-order valence-corrected chi connectivity index (χ2v) is 4.10. The summed E-state index contributed by atoms with van der Waals surface area (Å²) in [4.78, 5) is 23.2. The van der Waals surface area contributed by atoms with Crippen LogP contribution >= 0.6 is 11.6 Å². The van der Waals surface area contributed by atoms with Gasteiger partial charge in [0.1, 0.15) is 0 Å². The summed E-state index contributed by atoms with van der Waals surface area (Å²) in [5.41, 5.74) is -1.22. The molecule has 0 aliphatic heterocycles. The van der Waals surface area contributed by atoms with Gasteiger partial charge in [-0.2, -0.15) is 0 Å². The molecule has 84 valence electrons. The zero-order chi connectivity index (χ0) is 11.9. The SMILES string of the molecule is COC(=O)C1(O)Cc2ccc(Cl)cc2C1=O. The van der Waals surface area contributed by atoms with Crippen molar-refractivity contribution in [3.63, 3.8) is 0 Å². The van der Waals surface area contributed by atoms with E-state index in [0.29, 0.717) is 10.6 Å². The Bertz CT molecular complexity index is 483. The Kier molecular flexibility index (Phi) is 2.48. The van der Waals surface area contributed by atoms with Crippen molar-refractivity contribution in [1.29, 1.82) is 0 Å². The van der Waals surface area contributed by atoms with E-state index in [1.165, 1.54) is 6.07 Å². The van der Waals surface area contributed by atoms with E-state index in [-0.39, 0.29) is 12.0 Å². The molecule has 0 aromatic heterocycles. The molecule has 4 nitrogen and oxygen atoms in total. The van der Waals surface area contributed by atoms with Crippen LogP contribution in [0.2, 0.25) is 5.02 Å². The van der Waals surface area contributed by atoms with Crippen LogP contribution in [0.5, 0.6) is 0 Å². The quantitative estimate of drug-likeness (QED) is 0.587. The summed E-state index contributed by atoms with van der Waals surface area (Å²) >= 11 is 5.75. The second kappa shape index (κ2) is 3.57. The lowest BCUT2D eigenvalue weighted by Crippen LogP contribution is -2.45. The highest BCUT2D eigenvalue weighted by molar-refractivity contribution is 6.31. The van der Waals surface area contributed by atoms with Gasteiger partial charge in [-0.15, -0.1) is 0 Å². The normalized spacial score (nSPS) is 23.1. The smallest absolute Gasteiger partial charge is 0.346 e. The minimum absolute atomic E-state index is 0.0645. The van der Waals surface area contributed by atoms with Crippen molar-refractivity contribution in [2.45, 2.75) is 12.0 Å². The number of methoxy groups -OCH3 is 1. The van der Waals surface area contributed by atoms with E-state index in [9.17, 15) is 14.7 Å². The lowest BCUT2D eigenvalue weighted by atomic mass is 10.00. The highest BCUT2D eigenvalue weighted by atomic mass is 35.5. The average molecular weight is 241 g/mol. The van der Waals surface area contributed by atoms with Gasteiger partial charge in [0.2, 0.25) is 11.4 Å². The maximum atomic E-state index is 11.9. The molecule has 0 spiro atoms. The van der Waals surface area contributed by atoms with Crippen LogP contribution in [-0.2, 0) is 16.0 Å². The van der Waals surface area contributed by atoms with Crippen LogP contribution in [0.15, 0.2) is 18.2 Å². The summed E-state index contributed by atoms with van der Waals surface area (Å²) in [6.45, 7) is 0. The number of hydrogen-bond acceptors (Lipinski definition) is 4. The third-order valence-electron chi connectivity index (χ3n) is 2.66. The molecule has 2 rings (SSSR count). The third kappa shape index (κ3) is 1.42. The van der Waals surface area contributed by atoms with E-state index in [1.54, 1.807) is 12.1 Å². The van der Waals surface area contributed by atoms with Crippen molar-refractivity contribution in [3.05, 3.63) is 34.3 Å². The van der Waals surface area contributed by atoms with Crippen LogP contribution in [-0.4, -0.2) is 29.6 Å². The fourth-order valence-electron chi connectivity index (χ4n) is 1.83. The van der Waals surface area contributed by atoms with Gasteiger partial charge in [-0.1, -0.05) is 17.7 Å². The molecule has 5 heteroatoms. The summed E-state index contributed by atoms with van der Waals surface area (Å²) in [6, 6.07) is 4.67. The molecule has 16 heavy (non-hydrogen) atoms. The van der Waals surface area contributed by atoms with Crippen molar-refractivity contribution < 1.29 is 19.4 Å².